The summed E-state index contributed by atoms with van der Waals surface area (Å²) in [5.41, 5.74) is 4.62. The Bertz CT molecular complexity index is 1010. The molecule has 2 aromatic carbocycles. The highest BCUT2D eigenvalue weighted by Crippen LogP contribution is 2.35. The average molecular weight is 366 g/mol. The highest BCUT2D eigenvalue weighted by molar-refractivity contribution is 6.42. The molecule has 0 fully saturated rings. The number of aromatic amines is 1. The van der Waals surface area contributed by atoms with Gasteiger partial charge in [0.1, 0.15) is 5.82 Å². The number of imidazole rings is 1. The van der Waals surface area contributed by atoms with E-state index in [0.717, 1.165) is 33.9 Å². The number of pyridine rings is 1. The number of nitrogens with zero attached hydrogens (tertiary/aromatic N) is 2. The largest absolute Gasteiger partial charge is 0.337 e. The Hall–Kier alpha value is -2.62. The lowest BCUT2D eigenvalue weighted by Gasteiger charge is -2.04. The number of hydrogen-bond acceptors (Lipinski definition) is 2. The SMILES string of the molecule is Clc1ccc(-c2nc(-c3cccnc3)[nH]c2-c2ccccc2)cc1Cl. The standard InChI is InChI=1S/C20H13Cl2N3/c21-16-9-8-14(11-17(16)22)19-18(13-5-2-1-3-6-13)24-20(25-19)15-7-4-10-23-12-15/h1-12H,(H,24,25). The number of aromatic nitrogens is 3. The number of benzene rings is 2. The van der Waals surface area contributed by atoms with E-state index in [2.05, 4.69) is 9.97 Å². The third-order valence-electron chi connectivity index (χ3n) is 3.89. The van der Waals surface area contributed by atoms with Crippen molar-refractivity contribution in [1.29, 1.82) is 0 Å². The fourth-order valence-electron chi connectivity index (χ4n) is 2.68. The lowest BCUT2D eigenvalue weighted by molar-refractivity contribution is 1.26. The van der Waals surface area contributed by atoms with E-state index in [1.54, 1.807) is 18.5 Å². The van der Waals surface area contributed by atoms with Gasteiger partial charge in [-0.25, -0.2) is 4.98 Å². The van der Waals surface area contributed by atoms with Gasteiger partial charge in [-0.2, -0.15) is 0 Å². The van der Waals surface area contributed by atoms with Crippen molar-refractivity contribution in [3.63, 3.8) is 0 Å². The summed E-state index contributed by atoms with van der Waals surface area (Å²) in [6.07, 6.45) is 3.52. The molecule has 0 atom stereocenters. The van der Waals surface area contributed by atoms with E-state index in [1.807, 2.05) is 54.6 Å². The summed E-state index contributed by atoms with van der Waals surface area (Å²) in [4.78, 5) is 12.4. The van der Waals surface area contributed by atoms with Crippen LogP contribution >= 0.6 is 23.2 Å². The summed E-state index contributed by atoms with van der Waals surface area (Å²) in [6.45, 7) is 0. The normalized spacial score (nSPS) is 10.8. The molecule has 0 saturated heterocycles. The molecule has 3 nitrogen and oxygen atoms in total. The van der Waals surface area contributed by atoms with Crippen molar-refractivity contribution in [1.82, 2.24) is 15.0 Å². The summed E-state index contributed by atoms with van der Waals surface area (Å²) in [7, 11) is 0. The maximum Gasteiger partial charge on any atom is 0.140 e. The molecule has 122 valence electrons. The second-order valence-corrected chi connectivity index (χ2v) is 6.36. The van der Waals surface area contributed by atoms with E-state index in [1.165, 1.54) is 0 Å². The van der Waals surface area contributed by atoms with Gasteiger partial charge in [-0.15, -0.1) is 0 Å². The maximum atomic E-state index is 6.21. The van der Waals surface area contributed by atoms with Crippen LogP contribution in [-0.4, -0.2) is 15.0 Å². The molecule has 4 rings (SSSR count). The molecule has 2 aromatic heterocycles. The Morgan fingerprint density at radius 1 is 0.760 bits per heavy atom. The Labute approximate surface area is 155 Å². The molecule has 0 radical (unpaired) electrons. The fourth-order valence-corrected chi connectivity index (χ4v) is 2.98. The molecule has 0 saturated carbocycles. The van der Waals surface area contributed by atoms with E-state index in [-0.39, 0.29) is 0 Å². The van der Waals surface area contributed by atoms with Gasteiger partial charge in [0.25, 0.3) is 0 Å². The number of rotatable bonds is 3. The number of halogens is 2. The molecule has 0 aliphatic heterocycles. The smallest absolute Gasteiger partial charge is 0.140 e. The molecule has 0 spiro atoms. The first-order valence-electron chi connectivity index (χ1n) is 7.73. The van der Waals surface area contributed by atoms with Gasteiger partial charge >= 0.3 is 0 Å². The fraction of sp³-hybridized carbons (Fsp3) is 0. The monoisotopic (exact) mass is 365 g/mol. The molecule has 25 heavy (non-hydrogen) atoms. The van der Waals surface area contributed by atoms with Crippen LogP contribution in [0.4, 0.5) is 0 Å². The molecule has 0 unspecified atom stereocenters. The van der Waals surface area contributed by atoms with Crippen LogP contribution in [0.2, 0.25) is 10.0 Å². The zero-order chi connectivity index (χ0) is 17.2. The van der Waals surface area contributed by atoms with Crippen LogP contribution in [0, 0.1) is 0 Å². The van der Waals surface area contributed by atoms with E-state index < -0.39 is 0 Å². The van der Waals surface area contributed by atoms with Gasteiger partial charge in [-0.3, -0.25) is 4.98 Å². The molecule has 1 N–H and O–H groups in total. The van der Waals surface area contributed by atoms with Gasteiger partial charge in [0.2, 0.25) is 0 Å². The third-order valence-corrected chi connectivity index (χ3v) is 4.63. The second kappa shape index (κ2) is 6.71. The minimum atomic E-state index is 0.504. The van der Waals surface area contributed by atoms with Crippen molar-refractivity contribution in [2.75, 3.05) is 0 Å². The highest BCUT2D eigenvalue weighted by atomic mass is 35.5. The van der Waals surface area contributed by atoms with E-state index in [4.69, 9.17) is 28.2 Å². The second-order valence-electron chi connectivity index (χ2n) is 5.55. The maximum absolute atomic E-state index is 6.21. The Balaban J connectivity index is 1.92. The van der Waals surface area contributed by atoms with Crippen LogP contribution in [-0.2, 0) is 0 Å². The predicted molar refractivity (Wildman–Crippen MR) is 103 cm³/mol. The van der Waals surface area contributed by atoms with Crippen molar-refractivity contribution >= 4 is 23.2 Å². The number of H-pyrrole nitrogens is 1. The lowest BCUT2D eigenvalue weighted by Crippen LogP contribution is -1.84. The molecular weight excluding hydrogens is 353 g/mol. The minimum absolute atomic E-state index is 0.504. The Morgan fingerprint density at radius 2 is 1.56 bits per heavy atom. The van der Waals surface area contributed by atoms with Crippen molar-refractivity contribution in [3.8, 4) is 33.9 Å². The molecule has 2 heterocycles. The van der Waals surface area contributed by atoms with Crippen LogP contribution in [0.25, 0.3) is 33.9 Å². The zero-order valence-corrected chi connectivity index (χ0v) is 14.6. The van der Waals surface area contributed by atoms with E-state index in [9.17, 15) is 0 Å². The van der Waals surface area contributed by atoms with Crippen LogP contribution < -0.4 is 0 Å². The highest BCUT2D eigenvalue weighted by Gasteiger charge is 2.16. The molecular formula is C20H13Cl2N3. The third kappa shape index (κ3) is 3.16. The van der Waals surface area contributed by atoms with Crippen molar-refractivity contribution < 1.29 is 0 Å². The summed E-state index contributed by atoms with van der Waals surface area (Å²) in [5, 5.41) is 1.03. The number of nitrogens with one attached hydrogen (secondary N) is 1. The predicted octanol–water partition coefficient (Wildman–Crippen LogP) is 6.11. The van der Waals surface area contributed by atoms with Gasteiger partial charge in [-0.05, 0) is 24.3 Å². The number of hydrogen-bond donors (Lipinski definition) is 1. The Kier molecular flexibility index (Phi) is 4.26. The molecule has 0 bridgehead atoms. The van der Waals surface area contributed by atoms with Crippen molar-refractivity contribution in [2.24, 2.45) is 0 Å². The first-order valence-corrected chi connectivity index (χ1v) is 8.49. The summed E-state index contributed by atoms with van der Waals surface area (Å²) in [6, 6.07) is 19.5. The van der Waals surface area contributed by atoms with E-state index in [0.29, 0.717) is 10.0 Å². The van der Waals surface area contributed by atoms with Crippen LogP contribution in [0.15, 0.2) is 73.1 Å². The van der Waals surface area contributed by atoms with Crippen molar-refractivity contribution in [3.05, 3.63) is 83.1 Å². The topological polar surface area (TPSA) is 41.6 Å². The summed E-state index contributed by atoms with van der Waals surface area (Å²) >= 11 is 12.3. The quantitative estimate of drug-likeness (QED) is 0.475. The van der Waals surface area contributed by atoms with Gasteiger partial charge in [-0.1, -0.05) is 59.6 Å². The minimum Gasteiger partial charge on any atom is -0.337 e. The molecule has 0 aliphatic carbocycles. The van der Waals surface area contributed by atoms with Crippen LogP contribution in [0.3, 0.4) is 0 Å². The van der Waals surface area contributed by atoms with E-state index >= 15 is 0 Å². The van der Waals surface area contributed by atoms with Gasteiger partial charge < -0.3 is 4.98 Å². The van der Waals surface area contributed by atoms with Gasteiger partial charge in [0.15, 0.2) is 0 Å². The summed E-state index contributed by atoms with van der Waals surface area (Å²) < 4.78 is 0. The van der Waals surface area contributed by atoms with Gasteiger partial charge in [0.05, 0.1) is 21.4 Å². The zero-order valence-electron chi connectivity index (χ0n) is 13.1. The van der Waals surface area contributed by atoms with Crippen molar-refractivity contribution in [2.45, 2.75) is 0 Å². The van der Waals surface area contributed by atoms with Crippen LogP contribution in [0.5, 0.6) is 0 Å². The molecule has 4 aromatic rings. The van der Waals surface area contributed by atoms with Crippen LogP contribution in [0.1, 0.15) is 0 Å². The first kappa shape index (κ1) is 15.9. The summed E-state index contributed by atoms with van der Waals surface area (Å²) in [5.74, 6) is 0.757. The first-order chi connectivity index (χ1) is 12.2. The molecule has 0 aliphatic rings. The van der Waals surface area contributed by atoms with Gasteiger partial charge in [0, 0.05) is 29.1 Å². The Morgan fingerprint density at radius 3 is 2.28 bits per heavy atom. The molecule has 0 amide bonds. The molecule has 5 heteroatoms. The lowest BCUT2D eigenvalue weighted by atomic mass is 10.1. The average Bonchev–Trinajstić information content (AvgIpc) is 3.11.